The maximum atomic E-state index is 12.9. The fraction of sp³-hybridized carbons (Fsp3) is 0.474. The average Bonchev–Trinajstić information content (AvgIpc) is 2.87. The van der Waals surface area contributed by atoms with Gasteiger partial charge in [0.1, 0.15) is 5.70 Å². The molecule has 0 spiro atoms. The van der Waals surface area contributed by atoms with Gasteiger partial charge in [-0.05, 0) is 18.5 Å². The van der Waals surface area contributed by atoms with Crippen LogP contribution in [0, 0.1) is 0 Å². The summed E-state index contributed by atoms with van der Waals surface area (Å²) in [5.41, 5.74) is 2.00. The first kappa shape index (κ1) is 16.7. The Morgan fingerprint density at radius 1 is 0.917 bits per heavy atom. The molecule has 0 bridgehead atoms. The summed E-state index contributed by atoms with van der Waals surface area (Å²) in [5.74, 6) is -0.286. The molecule has 2 heterocycles. The second kappa shape index (κ2) is 7.18. The highest BCUT2D eigenvalue weighted by molar-refractivity contribution is 6.35. The molecule has 0 N–H and O–H groups in total. The van der Waals surface area contributed by atoms with Gasteiger partial charge in [-0.2, -0.15) is 0 Å². The van der Waals surface area contributed by atoms with Crippen LogP contribution in [0.1, 0.15) is 25.8 Å². The van der Waals surface area contributed by atoms with Crippen molar-refractivity contribution in [3.63, 3.8) is 0 Å². The highest BCUT2D eigenvalue weighted by Gasteiger charge is 2.41. The monoisotopic (exact) mass is 327 g/mol. The predicted molar refractivity (Wildman–Crippen MR) is 94.1 cm³/mol. The van der Waals surface area contributed by atoms with Crippen molar-refractivity contribution >= 4 is 17.4 Å². The van der Waals surface area contributed by atoms with Gasteiger partial charge in [-0.15, -0.1) is 0 Å². The maximum Gasteiger partial charge on any atom is 0.277 e. The molecule has 0 aliphatic carbocycles. The minimum atomic E-state index is -0.152. The minimum absolute atomic E-state index is 0.134. The lowest BCUT2D eigenvalue weighted by Crippen LogP contribution is -2.47. The lowest BCUT2D eigenvalue weighted by molar-refractivity contribution is -0.137. The second-order valence-electron chi connectivity index (χ2n) is 6.27. The number of likely N-dealkylation sites (N-methyl/N-ethyl adjacent to an activating group) is 1. The van der Waals surface area contributed by atoms with E-state index in [1.807, 2.05) is 37.3 Å². The Hall–Kier alpha value is -2.14. The molecule has 1 saturated heterocycles. The molecule has 128 valence electrons. The van der Waals surface area contributed by atoms with Gasteiger partial charge in [-0.25, -0.2) is 0 Å². The van der Waals surface area contributed by atoms with Crippen LogP contribution in [-0.4, -0.2) is 65.8 Å². The van der Waals surface area contributed by atoms with E-state index < -0.39 is 0 Å². The van der Waals surface area contributed by atoms with Crippen molar-refractivity contribution in [2.45, 2.75) is 20.3 Å². The number of rotatable bonds is 5. The molecule has 5 heteroatoms. The molecule has 0 radical (unpaired) electrons. The minimum Gasteiger partial charge on any atom is -0.364 e. The molecular weight excluding hydrogens is 302 g/mol. The zero-order valence-corrected chi connectivity index (χ0v) is 14.5. The first-order valence-electron chi connectivity index (χ1n) is 8.80. The average molecular weight is 327 g/mol. The fourth-order valence-electron chi connectivity index (χ4n) is 3.44. The van der Waals surface area contributed by atoms with E-state index in [0.29, 0.717) is 17.8 Å². The summed E-state index contributed by atoms with van der Waals surface area (Å²) in [6.45, 7) is 9.07. The maximum absolute atomic E-state index is 12.9. The van der Waals surface area contributed by atoms with Crippen LogP contribution in [0.3, 0.4) is 0 Å². The molecule has 24 heavy (non-hydrogen) atoms. The van der Waals surface area contributed by atoms with Gasteiger partial charge in [0, 0.05) is 32.7 Å². The molecule has 1 aromatic carbocycles. The van der Waals surface area contributed by atoms with Crippen molar-refractivity contribution in [2.24, 2.45) is 0 Å². The number of hydrogen-bond acceptors (Lipinski definition) is 4. The summed E-state index contributed by atoms with van der Waals surface area (Å²) in [5, 5.41) is 0. The number of piperazine rings is 1. The third kappa shape index (κ3) is 2.96. The quantitative estimate of drug-likeness (QED) is 0.774. The molecular formula is C19H25N3O2. The zero-order chi connectivity index (χ0) is 17.1. The molecule has 0 atom stereocenters. The number of hydrogen-bond donors (Lipinski definition) is 0. The number of nitrogens with zero attached hydrogens (tertiary/aromatic N) is 3. The van der Waals surface area contributed by atoms with Crippen LogP contribution in [-0.2, 0) is 9.59 Å². The van der Waals surface area contributed by atoms with Crippen molar-refractivity contribution in [2.75, 3.05) is 39.3 Å². The fourth-order valence-corrected chi connectivity index (χ4v) is 3.44. The lowest BCUT2D eigenvalue weighted by Gasteiger charge is -2.36. The number of amides is 2. The highest BCUT2D eigenvalue weighted by Crippen LogP contribution is 2.32. The Labute approximate surface area is 143 Å². The van der Waals surface area contributed by atoms with Crippen molar-refractivity contribution in [1.29, 1.82) is 0 Å². The molecule has 3 rings (SSSR count). The van der Waals surface area contributed by atoms with E-state index in [9.17, 15) is 9.59 Å². The highest BCUT2D eigenvalue weighted by atomic mass is 16.2. The van der Waals surface area contributed by atoms with Gasteiger partial charge in [0.25, 0.3) is 11.8 Å². The smallest absolute Gasteiger partial charge is 0.277 e. The van der Waals surface area contributed by atoms with Crippen LogP contribution in [0.25, 0.3) is 5.57 Å². The van der Waals surface area contributed by atoms with E-state index in [1.165, 1.54) is 4.90 Å². The number of imide groups is 1. The number of benzene rings is 1. The lowest BCUT2D eigenvalue weighted by atomic mass is 10.0. The summed E-state index contributed by atoms with van der Waals surface area (Å²) < 4.78 is 0. The Morgan fingerprint density at radius 2 is 1.58 bits per heavy atom. The van der Waals surface area contributed by atoms with E-state index in [2.05, 4.69) is 16.7 Å². The SMILES string of the molecule is CCCN1C(=O)C(c2ccccc2)=C(N2CCN(CC)CC2)C1=O. The molecule has 2 aliphatic rings. The number of carbonyl (C=O) groups excluding carboxylic acids is 2. The standard InChI is InChI=1S/C19H25N3O2/c1-3-10-22-18(23)16(15-8-6-5-7-9-15)17(19(22)24)21-13-11-20(4-2)12-14-21/h5-9H,3-4,10-14H2,1-2H3. The van der Waals surface area contributed by atoms with Gasteiger partial charge in [-0.1, -0.05) is 44.2 Å². The largest absolute Gasteiger partial charge is 0.364 e. The Kier molecular flexibility index (Phi) is 5.00. The van der Waals surface area contributed by atoms with E-state index in [-0.39, 0.29) is 11.8 Å². The van der Waals surface area contributed by atoms with E-state index in [1.54, 1.807) is 0 Å². The predicted octanol–water partition coefficient (Wildman–Crippen LogP) is 1.81. The molecule has 2 amide bonds. The first-order chi connectivity index (χ1) is 11.7. The van der Waals surface area contributed by atoms with Crippen LogP contribution in [0.4, 0.5) is 0 Å². The van der Waals surface area contributed by atoms with Crippen LogP contribution < -0.4 is 0 Å². The third-order valence-corrected chi connectivity index (χ3v) is 4.79. The van der Waals surface area contributed by atoms with Crippen molar-refractivity contribution in [1.82, 2.24) is 14.7 Å². The van der Waals surface area contributed by atoms with Gasteiger partial charge in [-0.3, -0.25) is 14.5 Å². The van der Waals surface area contributed by atoms with Gasteiger partial charge >= 0.3 is 0 Å². The van der Waals surface area contributed by atoms with Crippen molar-refractivity contribution < 1.29 is 9.59 Å². The van der Waals surface area contributed by atoms with Crippen molar-refractivity contribution in [3.05, 3.63) is 41.6 Å². The Morgan fingerprint density at radius 3 is 2.17 bits per heavy atom. The van der Waals surface area contributed by atoms with Gasteiger partial charge in [0.2, 0.25) is 0 Å². The normalized spacial score (nSPS) is 19.6. The summed E-state index contributed by atoms with van der Waals surface area (Å²) in [4.78, 5) is 31.7. The summed E-state index contributed by atoms with van der Waals surface area (Å²) >= 11 is 0. The van der Waals surface area contributed by atoms with Crippen LogP contribution in [0.5, 0.6) is 0 Å². The van der Waals surface area contributed by atoms with Gasteiger partial charge < -0.3 is 9.80 Å². The van der Waals surface area contributed by atoms with Gasteiger partial charge in [0.15, 0.2) is 0 Å². The van der Waals surface area contributed by atoms with E-state index in [4.69, 9.17) is 0 Å². The topological polar surface area (TPSA) is 43.9 Å². The molecule has 0 aromatic heterocycles. The third-order valence-electron chi connectivity index (χ3n) is 4.79. The summed E-state index contributed by atoms with van der Waals surface area (Å²) in [7, 11) is 0. The molecule has 1 aromatic rings. The molecule has 0 saturated carbocycles. The van der Waals surface area contributed by atoms with Gasteiger partial charge in [0.05, 0.1) is 5.57 Å². The molecule has 2 aliphatic heterocycles. The molecule has 1 fully saturated rings. The number of carbonyl (C=O) groups is 2. The van der Waals surface area contributed by atoms with Crippen LogP contribution >= 0.6 is 0 Å². The van der Waals surface area contributed by atoms with Crippen LogP contribution in [0.15, 0.2) is 36.0 Å². The summed E-state index contributed by atoms with van der Waals surface area (Å²) in [6.07, 6.45) is 0.774. The molecule has 5 nitrogen and oxygen atoms in total. The second-order valence-corrected chi connectivity index (χ2v) is 6.27. The summed E-state index contributed by atoms with van der Waals surface area (Å²) in [6, 6.07) is 9.58. The zero-order valence-electron chi connectivity index (χ0n) is 14.5. The van der Waals surface area contributed by atoms with E-state index in [0.717, 1.165) is 44.7 Å². The Bertz CT molecular complexity index is 646. The molecule has 0 unspecified atom stereocenters. The Balaban J connectivity index is 1.98. The van der Waals surface area contributed by atoms with Crippen LogP contribution in [0.2, 0.25) is 0 Å². The first-order valence-corrected chi connectivity index (χ1v) is 8.80. The van der Waals surface area contributed by atoms with E-state index >= 15 is 0 Å². The van der Waals surface area contributed by atoms with Crippen molar-refractivity contribution in [3.8, 4) is 0 Å².